The maximum Gasteiger partial charge on any atom is 0.251 e. The lowest BCUT2D eigenvalue weighted by molar-refractivity contribution is -0.114. The van der Waals surface area contributed by atoms with Crippen LogP contribution in [-0.2, 0) is 4.79 Å². The van der Waals surface area contributed by atoms with Gasteiger partial charge in [0.1, 0.15) is 5.75 Å². The van der Waals surface area contributed by atoms with Crippen LogP contribution in [0.2, 0.25) is 0 Å². The lowest BCUT2D eigenvalue weighted by Crippen LogP contribution is -2.36. The number of nitrogens with one attached hydrogen (secondary N) is 3. The number of hydrogen-bond donors (Lipinski definition) is 3. The first-order valence-corrected chi connectivity index (χ1v) is 9.73. The van der Waals surface area contributed by atoms with Crippen LogP contribution >= 0.6 is 0 Å². The van der Waals surface area contributed by atoms with Crippen molar-refractivity contribution in [2.24, 2.45) is 0 Å². The molecule has 0 aliphatic heterocycles. The van der Waals surface area contributed by atoms with Crippen molar-refractivity contribution in [1.29, 1.82) is 0 Å². The van der Waals surface area contributed by atoms with Gasteiger partial charge in [0.2, 0.25) is 5.91 Å². The van der Waals surface area contributed by atoms with E-state index in [1.165, 1.54) is 19.3 Å². The molecule has 0 atom stereocenters. The smallest absolute Gasteiger partial charge is 0.251 e. The lowest BCUT2D eigenvalue weighted by Gasteiger charge is -2.22. The van der Waals surface area contributed by atoms with Crippen molar-refractivity contribution in [1.82, 2.24) is 5.32 Å². The largest absolute Gasteiger partial charge is 0.497 e. The standard InChI is InChI=1S/C22H27N3O3/c1-28-20-12-10-18(11-13-20)24-21(26)15-23-19-9-5-6-16(14-19)22(27)25-17-7-3-2-4-8-17/h5-6,9-14,17,23H,2-4,7-8,15H2,1H3,(H,24,26)(H,25,27). The van der Waals surface area contributed by atoms with E-state index in [9.17, 15) is 9.59 Å². The van der Waals surface area contributed by atoms with E-state index in [1.807, 2.05) is 12.1 Å². The third kappa shape index (κ3) is 5.74. The van der Waals surface area contributed by atoms with Gasteiger partial charge in [0.05, 0.1) is 13.7 Å². The highest BCUT2D eigenvalue weighted by Crippen LogP contribution is 2.19. The van der Waals surface area contributed by atoms with E-state index in [4.69, 9.17) is 4.74 Å². The zero-order chi connectivity index (χ0) is 19.8. The molecule has 2 amide bonds. The number of anilines is 2. The fourth-order valence-electron chi connectivity index (χ4n) is 3.35. The van der Waals surface area contributed by atoms with Crippen LogP contribution in [0.4, 0.5) is 11.4 Å². The minimum absolute atomic E-state index is 0.0572. The van der Waals surface area contributed by atoms with Crippen molar-refractivity contribution in [3.63, 3.8) is 0 Å². The van der Waals surface area contributed by atoms with E-state index in [0.29, 0.717) is 11.3 Å². The number of benzene rings is 2. The van der Waals surface area contributed by atoms with Gasteiger partial charge in [-0.25, -0.2) is 0 Å². The summed E-state index contributed by atoms with van der Waals surface area (Å²) in [6.07, 6.45) is 5.71. The van der Waals surface area contributed by atoms with Crippen molar-refractivity contribution >= 4 is 23.2 Å². The number of rotatable bonds is 7. The maximum atomic E-state index is 12.5. The van der Waals surface area contributed by atoms with E-state index >= 15 is 0 Å². The van der Waals surface area contributed by atoms with Crippen LogP contribution in [0.3, 0.4) is 0 Å². The normalized spacial score (nSPS) is 14.2. The molecule has 0 saturated heterocycles. The van der Waals surface area contributed by atoms with E-state index in [2.05, 4.69) is 16.0 Å². The molecule has 6 nitrogen and oxygen atoms in total. The molecule has 148 valence electrons. The Labute approximate surface area is 165 Å². The first-order chi connectivity index (χ1) is 13.6. The van der Waals surface area contributed by atoms with E-state index in [0.717, 1.165) is 24.3 Å². The van der Waals surface area contributed by atoms with Crippen molar-refractivity contribution < 1.29 is 14.3 Å². The van der Waals surface area contributed by atoms with Crippen molar-refractivity contribution in [3.05, 3.63) is 54.1 Å². The van der Waals surface area contributed by atoms with Crippen LogP contribution < -0.4 is 20.7 Å². The molecule has 2 aromatic rings. The van der Waals surface area contributed by atoms with Gasteiger partial charge in [0.15, 0.2) is 0 Å². The Morgan fingerprint density at radius 2 is 1.75 bits per heavy atom. The summed E-state index contributed by atoms with van der Waals surface area (Å²) < 4.78 is 5.10. The highest BCUT2D eigenvalue weighted by molar-refractivity contribution is 5.96. The number of amides is 2. The fraction of sp³-hybridized carbons (Fsp3) is 0.364. The lowest BCUT2D eigenvalue weighted by atomic mass is 9.95. The molecule has 2 aromatic carbocycles. The van der Waals surface area contributed by atoms with Crippen molar-refractivity contribution in [3.8, 4) is 5.75 Å². The number of ether oxygens (including phenoxy) is 1. The molecule has 3 rings (SSSR count). The molecule has 6 heteroatoms. The Balaban J connectivity index is 1.50. The van der Waals surface area contributed by atoms with Crippen LogP contribution in [0.1, 0.15) is 42.5 Å². The molecule has 1 fully saturated rings. The monoisotopic (exact) mass is 381 g/mol. The second-order valence-electron chi connectivity index (χ2n) is 7.02. The third-order valence-corrected chi connectivity index (χ3v) is 4.89. The van der Waals surface area contributed by atoms with Gasteiger partial charge in [-0.1, -0.05) is 25.3 Å². The summed E-state index contributed by atoms with van der Waals surface area (Å²) in [5.74, 6) is 0.514. The summed E-state index contributed by atoms with van der Waals surface area (Å²) in [5, 5.41) is 9.00. The molecule has 0 bridgehead atoms. The van der Waals surface area contributed by atoms with Crippen LogP contribution in [0.25, 0.3) is 0 Å². The van der Waals surface area contributed by atoms with E-state index < -0.39 is 0 Å². The maximum absolute atomic E-state index is 12.5. The fourth-order valence-corrected chi connectivity index (χ4v) is 3.35. The van der Waals surface area contributed by atoms with Crippen LogP contribution in [-0.4, -0.2) is 31.5 Å². The topological polar surface area (TPSA) is 79.5 Å². The molecule has 1 saturated carbocycles. The molecule has 28 heavy (non-hydrogen) atoms. The summed E-state index contributed by atoms with van der Waals surface area (Å²) in [7, 11) is 1.60. The SMILES string of the molecule is COc1ccc(NC(=O)CNc2cccc(C(=O)NC3CCCCC3)c2)cc1. The number of carbonyl (C=O) groups excluding carboxylic acids is 2. The van der Waals surface area contributed by atoms with E-state index in [1.54, 1.807) is 43.5 Å². The van der Waals surface area contributed by atoms with Gasteiger partial charge in [-0.3, -0.25) is 9.59 Å². The molecule has 0 aromatic heterocycles. The minimum atomic E-state index is -0.165. The molecule has 3 N–H and O–H groups in total. The predicted molar refractivity (Wildman–Crippen MR) is 111 cm³/mol. The Kier molecular flexibility index (Phi) is 6.89. The second kappa shape index (κ2) is 9.78. The first kappa shape index (κ1) is 19.7. The molecular weight excluding hydrogens is 354 g/mol. The van der Waals surface area contributed by atoms with Gasteiger partial charge in [-0.2, -0.15) is 0 Å². The van der Waals surface area contributed by atoms with Gasteiger partial charge in [-0.15, -0.1) is 0 Å². The molecule has 1 aliphatic rings. The predicted octanol–water partition coefficient (Wildman–Crippen LogP) is 3.81. The number of methoxy groups -OCH3 is 1. The second-order valence-corrected chi connectivity index (χ2v) is 7.02. The van der Waals surface area contributed by atoms with Crippen molar-refractivity contribution in [2.45, 2.75) is 38.1 Å². The van der Waals surface area contributed by atoms with Crippen molar-refractivity contribution in [2.75, 3.05) is 24.3 Å². The Morgan fingerprint density at radius 3 is 2.46 bits per heavy atom. The molecule has 1 aliphatic carbocycles. The van der Waals surface area contributed by atoms with Gasteiger partial charge in [0, 0.05) is 23.0 Å². The zero-order valence-corrected chi connectivity index (χ0v) is 16.2. The number of carbonyl (C=O) groups is 2. The van der Waals surface area contributed by atoms with Crippen LogP contribution in [0.5, 0.6) is 5.75 Å². The average Bonchev–Trinajstić information content (AvgIpc) is 2.74. The third-order valence-electron chi connectivity index (χ3n) is 4.89. The van der Waals surface area contributed by atoms with Gasteiger partial charge in [0.25, 0.3) is 5.91 Å². The molecule has 0 radical (unpaired) electrons. The van der Waals surface area contributed by atoms with E-state index in [-0.39, 0.29) is 24.4 Å². The Morgan fingerprint density at radius 1 is 1.00 bits per heavy atom. The summed E-state index contributed by atoms with van der Waals surface area (Å²) in [6.45, 7) is 0.111. The quantitative estimate of drug-likeness (QED) is 0.681. The zero-order valence-electron chi connectivity index (χ0n) is 16.2. The van der Waals surface area contributed by atoms with Crippen LogP contribution in [0.15, 0.2) is 48.5 Å². The average molecular weight is 381 g/mol. The Hall–Kier alpha value is -3.02. The summed E-state index contributed by atoms with van der Waals surface area (Å²) >= 11 is 0. The highest BCUT2D eigenvalue weighted by atomic mass is 16.5. The van der Waals surface area contributed by atoms with Gasteiger partial charge >= 0.3 is 0 Å². The number of hydrogen-bond acceptors (Lipinski definition) is 4. The van der Waals surface area contributed by atoms with Crippen LogP contribution in [0, 0.1) is 0 Å². The molecule has 0 spiro atoms. The first-order valence-electron chi connectivity index (χ1n) is 9.73. The minimum Gasteiger partial charge on any atom is -0.497 e. The molecule has 0 unspecified atom stereocenters. The summed E-state index contributed by atoms with van der Waals surface area (Å²) in [4.78, 5) is 24.6. The summed E-state index contributed by atoms with van der Waals surface area (Å²) in [5.41, 5.74) is 2.04. The Bertz CT molecular complexity index is 799. The molecule has 0 heterocycles. The summed E-state index contributed by atoms with van der Waals surface area (Å²) in [6, 6.07) is 14.7. The highest BCUT2D eigenvalue weighted by Gasteiger charge is 2.16. The van der Waals surface area contributed by atoms with Gasteiger partial charge < -0.3 is 20.7 Å². The molecular formula is C22H27N3O3. The van der Waals surface area contributed by atoms with Gasteiger partial charge in [-0.05, 0) is 55.3 Å².